The van der Waals surface area contributed by atoms with E-state index in [-0.39, 0.29) is 6.04 Å². The molecule has 4 rings (SSSR count). The van der Waals surface area contributed by atoms with E-state index < -0.39 is 9.73 Å². The molecule has 0 saturated heterocycles. The van der Waals surface area contributed by atoms with Crippen molar-refractivity contribution in [2.45, 2.75) is 31.2 Å². The summed E-state index contributed by atoms with van der Waals surface area (Å²) >= 11 is 0. The molecule has 2 aromatic carbocycles. The lowest BCUT2D eigenvalue weighted by Gasteiger charge is -2.15. The van der Waals surface area contributed by atoms with E-state index in [0.29, 0.717) is 22.2 Å². The summed E-state index contributed by atoms with van der Waals surface area (Å²) in [5.41, 5.74) is 3.39. The van der Waals surface area contributed by atoms with Crippen LogP contribution in [-0.2, 0) is 16.8 Å². The van der Waals surface area contributed by atoms with Crippen molar-refractivity contribution in [2.75, 3.05) is 16.9 Å². The Morgan fingerprint density at radius 3 is 2.62 bits per heavy atom. The highest BCUT2D eigenvalue weighted by atomic mass is 32.2. The van der Waals surface area contributed by atoms with Gasteiger partial charge in [0.25, 0.3) is 0 Å². The van der Waals surface area contributed by atoms with Crippen LogP contribution in [0.15, 0.2) is 59.8 Å². The lowest BCUT2D eigenvalue weighted by molar-refractivity contribution is 0.679. The maximum Gasteiger partial charge on any atom is 0.229 e. The second kappa shape index (κ2) is 9.53. The van der Waals surface area contributed by atoms with Gasteiger partial charge in [0.1, 0.15) is 5.82 Å². The standard InChI is InChI=1S/C25H27N7OS/c1-5-17(2)29-24-19(8-6-18-7-13-23-20(14-18)16-28-32(23)3)15-27-25(31-24)30-21-9-11-22(12-10-21)34(4,26)33/h7,9-17,26H,5H2,1-4H3,(H2,27,29,30,31)/t17-,34?/m1/s1. The third kappa shape index (κ3) is 5.35. The lowest BCUT2D eigenvalue weighted by atomic mass is 10.1. The first-order valence-electron chi connectivity index (χ1n) is 10.9. The van der Waals surface area contributed by atoms with Crippen LogP contribution >= 0.6 is 0 Å². The minimum atomic E-state index is -2.75. The molecule has 9 heteroatoms. The molecule has 3 N–H and O–H groups in total. The molecule has 0 amide bonds. The molecule has 0 aliphatic rings. The van der Waals surface area contributed by atoms with Crippen LogP contribution in [0.25, 0.3) is 10.9 Å². The number of rotatable bonds is 6. The number of benzene rings is 2. The van der Waals surface area contributed by atoms with Gasteiger partial charge in [-0.25, -0.2) is 14.0 Å². The largest absolute Gasteiger partial charge is 0.366 e. The number of aromatic nitrogens is 4. The van der Waals surface area contributed by atoms with E-state index in [1.165, 1.54) is 6.26 Å². The van der Waals surface area contributed by atoms with Crippen molar-refractivity contribution in [2.24, 2.45) is 7.05 Å². The number of hydrogen-bond donors (Lipinski definition) is 3. The molecular weight excluding hydrogens is 446 g/mol. The quantitative estimate of drug-likeness (QED) is 0.349. The first kappa shape index (κ1) is 23.3. The van der Waals surface area contributed by atoms with E-state index in [0.717, 1.165) is 28.6 Å². The molecular formula is C25H27N7OS. The van der Waals surface area contributed by atoms with Gasteiger partial charge in [0.05, 0.1) is 33.2 Å². The van der Waals surface area contributed by atoms with Gasteiger partial charge in [-0.15, -0.1) is 0 Å². The van der Waals surface area contributed by atoms with Gasteiger partial charge < -0.3 is 10.6 Å². The zero-order chi connectivity index (χ0) is 24.3. The fraction of sp³-hybridized carbons (Fsp3) is 0.240. The highest BCUT2D eigenvalue weighted by Crippen LogP contribution is 2.21. The maximum atomic E-state index is 11.9. The Bertz CT molecular complexity index is 1500. The van der Waals surface area contributed by atoms with Crippen LogP contribution in [-0.4, -0.2) is 36.3 Å². The van der Waals surface area contributed by atoms with Crippen LogP contribution in [0.3, 0.4) is 0 Å². The van der Waals surface area contributed by atoms with Crippen LogP contribution < -0.4 is 10.6 Å². The number of fused-ring (bicyclic) bond motifs is 1. The van der Waals surface area contributed by atoms with Gasteiger partial charge in [-0.2, -0.15) is 10.1 Å². The van der Waals surface area contributed by atoms with E-state index in [4.69, 9.17) is 4.78 Å². The second-order valence-corrected chi connectivity index (χ2v) is 10.4. The van der Waals surface area contributed by atoms with Gasteiger partial charge in [0.15, 0.2) is 0 Å². The number of nitrogens with one attached hydrogen (secondary N) is 3. The smallest absolute Gasteiger partial charge is 0.229 e. The fourth-order valence-corrected chi connectivity index (χ4v) is 3.94. The maximum absolute atomic E-state index is 11.9. The van der Waals surface area contributed by atoms with Gasteiger partial charge in [0, 0.05) is 40.9 Å². The summed E-state index contributed by atoms with van der Waals surface area (Å²) in [5, 5.41) is 11.9. The number of nitrogens with zero attached hydrogens (tertiary/aromatic N) is 4. The van der Waals surface area contributed by atoms with Crippen LogP contribution in [0.1, 0.15) is 31.4 Å². The molecule has 2 heterocycles. The Kier molecular flexibility index (Phi) is 6.52. The van der Waals surface area contributed by atoms with E-state index in [2.05, 4.69) is 51.4 Å². The van der Waals surface area contributed by atoms with Crippen molar-refractivity contribution in [3.05, 3.63) is 66.0 Å². The zero-order valence-corrected chi connectivity index (χ0v) is 20.4. The summed E-state index contributed by atoms with van der Waals surface area (Å²) in [7, 11) is -0.835. The number of anilines is 3. The molecule has 0 fully saturated rings. The summed E-state index contributed by atoms with van der Waals surface area (Å²) in [4.78, 5) is 9.56. The molecule has 34 heavy (non-hydrogen) atoms. The van der Waals surface area contributed by atoms with Crippen molar-refractivity contribution < 1.29 is 4.21 Å². The fourth-order valence-electron chi connectivity index (χ4n) is 3.29. The van der Waals surface area contributed by atoms with Crippen LogP contribution in [0.5, 0.6) is 0 Å². The molecule has 0 spiro atoms. The molecule has 4 aromatic rings. The predicted octanol–water partition coefficient (Wildman–Crippen LogP) is 4.75. The first-order chi connectivity index (χ1) is 16.2. The van der Waals surface area contributed by atoms with Crippen molar-refractivity contribution in [1.29, 1.82) is 4.78 Å². The minimum absolute atomic E-state index is 0.212. The zero-order valence-electron chi connectivity index (χ0n) is 19.6. The van der Waals surface area contributed by atoms with Crippen LogP contribution in [0.4, 0.5) is 17.5 Å². The van der Waals surface area contributed by atoms with E-state index in [9.17, 15) is 4.21 Å². The predicted molar refractivity (Wildman–Crippen MR) is 137 cm³/mol. The molecule has 0 radical (unpaired) electrons. The topological polar surface area (TPSA) is 109 Å². The first-order valence-corrected chi connectivity index (χ1v) is 12.9. The summed E-state index contributed by atoms with van der Waals surface area (Å²) < 4.78 is 21.4. The van der Waals surface area contributed by atoms with Gasteiger partial charge in [-0.3, -0.25) is 4.68 Å². The molecule has 2 atom stereocenters. The van der Waals surface area contributed by atoms with E-state index in [1.54, 1.807) is 30.5 Å². The van der Waals surface area contributed by atoms with E-state index in [1.807, 2.05) is 36.1 Å². The molecule has 174 valence electrons. The summed E-state index contributed by atoms with van der Waals surface area (Å²) in [6.45, 7) is 4.19. The second-order valence-electron chi connectivity index (χ2n) is 8.19. The minimum Gasteiger partial charge on any atom is -0.366 e. The molecule has 8 nitrogen and oxygen atoms in total. The Balaban J connectivity index is 1.62. The molecule has 0 aliphatic carbocycles. The van der Waals surface area contributed by atoms with Gasteiger partial charge in [0.2, 0.25) is 5.95 Å². The normalized spacial score (nSPS) is 13.5. The van der Waals surface area contributed by atoms with Crippen LogP contribution in [0, 0.1) is 16.6 Å². The van der Waals surface area contributed by atoms with Crippen molar-refractivity contribution in [1.82, 2.24) is 19.7 Å². The molecule has 0 aliphatic heterocycles. The summed E-state index contributed by atoms with van der Waals surface area (Å²) in [6, 6.07) is 13.1. The molecule has 0 bridgehead atoms. The highest BCUT2D eigenvalue weighted by molar-refractivity contribution is 7.91. The lowest BCUT2D eigenvalue weighted by Crippen LogP contribution is -2.16. The SMILES string of the molecule is CC[C@@H](C)Nc1nc(Nc2ccc(S(C)(=N)=O)cc2)ncc1C#Cc1ccc2c(cnn2C)c1. The van der Waals surface area contributed by atoms with Crippen molar-refractivity contribution in [3.8, 4) is 11.8 Å². The summed E-state index contributed by atoms with van der Waals surface area (Å²) in [6.07, 6.45) is 5.87. The van der Waals surface area contributed by atoms with E-state index >= 15 is 0 Å². The van der Waals surface area contributed by atoms with Crippen molar-refractivity contribution in [3.63, 3.8) is 0 Å². The number of aryl methyl sites for hydroxylation is 1. The molecule has 0 saturated carbocycles. The Hall–Kier alpha value is -3.90. The summed E-state index contributed by atoms with van der Waals surface area (Å²) in [5.74, 6) is 7.49. The average Bonchev–Trinajstić information content (AvgIpc) is 3.18. The average molecular weight is 474 g/mol. The van der Waals surface area contributed by atoms with Gasteiger partial charge >= 0.3 is 0 Å². The highest BCUT2D eigenvalue weighted by Gasteiger charge is 2.10. The Morgan fingerprint density at radius 2 is 1.91 bits per heavy atom. The van der Waals surface area contributed by atoms with Crippen molar-refractivity contribution >= 4 is 38.1 Å². The van der Waals surface area contributed by atoms with Crippen LogP contribution in [0.2, 0.25) is 0 Å². The number of hydrogen-bond acceptors (Lipinski definition) is 7. The monoisotopic (exact) mass is 473 g/mol. The Morgan fingerprint density at radius 1 is 1.15 bits per heavy atom. The third-order valence-corrected chi connectivity index (χ3v) is 6.60. The van der Waals surface area contributed by atoms with Gasteiger partial charge in [-0.05, 0) is 55.8 Å². The molecule has 1 unspecified atom stereocenters. The molecule has 2 aromatic heterocycles. The van der Waals surface area contributed by atoms with Gasteiger partial charge in [-0.1, -0.05) is 18.8 Å². The Labute approximate surface area is 199 Å². The third-order valence-electron chi connectivity index (χ3n) is 5.43.